The van der Waals surface area contributed by atoms with Crippen molar-refractivity contribution >= 4 is 7.69 Å². The lowest BCUT2D eigenvalue weighted by molar-refractivity contribution is 0.129. The molecule has 0 N–H and O–H groups in total. The summed E-state index contributed by atoms with van der Waals surface area (Å²) in [6.45, 7) is 2.59. The Morgan fingerprint density at radius 2 is 1.82 bits per heavy atom. The van der Waals surface area contributed by atoms with Gasteiger partial charge in [-0.3, -0.25) is 0 Å². The van der Waals surface area contributed by atoms with Crippen LogP contribution in [-0.4, -0.2) is 20.9 Å². The van der Waals surface area contributed by atoms with Crippen molar-refractivity contribution in [2.75, 3.05) is 13.2 Å². The van der Waals surface area contributed by atoms with Gasteiger partial charge in [0.25, 0.3) is 0 Å². The summed E-state index contributed by atoms with van der Waals surface area (Å²) in [7, 11) is 0.202. The molecule has 1 fully saturated rings. The summed E-state index contributed by atoms with van der Waals surface area (Å²) in [5.41, 5.74) is 0.786. The fourth-order valence-electron chi connectivity index (χ4n) is 2.11. The van der Waals surface area contributed by atoms with Crippen molar-refractivity contribution in [2.45, 2.75) is 25.7 Å². The van der Waals surface area contributed by atoms with Gasteiger partial charge >= 0.3 is 7.69 Å². The molecule has 0 saturated carbocycles. The van der Waals surface area contributed by atoms with Crippen LogP contribution in [0.15, 0.2) is 12.1 Å². The standard InChI is InChI=1S/C12H15BF2O2/c1-2-3-8-4-10(14)12(11(15)5-8)9-6-16-13-17-7-9/h4-5,9,13H,2-3,6-7H2,1H3. The van der Waals surface area contributed by atoms with E-state index in [0.717, 1.165) is 6.42 Å². The van der Waals surface area contributed by atoms with Gasteiger partial charge in [0.05, 0.1) is 0 Å². The molecule has 1 aromatic carbocycles. The molecule has 1 saturated heterocycles. The summed E-state index contributed by atoms with van der Waals surface area (Å²) >= 11 is 0. The lowest BCUT2D eigenvalue weighted by atomic mass is 9.95. The molecule has 1 heterocycles. The molecular weight excluding hydrogens is 225 g/mol. The van der Waals surface area contributed by atoms with Gasteiger partial charge in [0.15, 0.2) is 0 Å². The molecule has 1 aliphatic heterocycles. The van der Waals surface area contributed by atoms with Crippen molar-refractivity contribution in [3.05, 3.63) is 34.9 Å². The maximum absolute atomic E-state index is 13.9. The van der Waals surface area contributed by atoms with Gasteiger partial charge in [0.1, 0.15) is 11.6 Å². The highest BCUT2D eigenvalue weighted by Gasteiger charge is 2.24. The van der Waals surface area contributed by atoms with E-state index in [9.17, 15) is 8.78 Å². The van der Waals surface area contributed by atoms with Crippen LogP contribution in [0.25, 0.3) is 0 Å². The molecule has 2 rings (SSSR count). The first-order chi connectivity index (χ1) is 8.22. The number of benzene rings is 1. The molecule has 17 heavy (non-hydrogen) atoms. The topological polar surface area (TPSA) is 18.5 Å². The van der Waals surface area contributed by atoms with E-state index in [0.29, 0.717) is 25.2 Å². The summed E-state index contributed by atoms with van der Waals surface area (Å²) in [5.74, 6) is -1.33. The van der Waals surface area contributed by atoms with Gasteiger partial charge in [0, 0.05) is 24.7 Å². The van der Waals surface area contributed by atoms with Crippen LogP contribution >= 0.6 is 0 Å². The Bertz CT molecular complexity index is 369. The van der Waals surface area contributed by atoms with Gasteiger partial charge in [0.2, 0.25) is 0 Å². The minimum Gasteiger partial charge on any atom is -0.413 e. The molecule has 0 amide bonds. The van der Waals surface area contributed by atoms with Crippen LogP contribution in [0, 0.1) is 11.6 Å². The van der Waals surface area contributed by atoms with Gasteiger partial charge in [-0.05, 0) is 24.1 Å². The lowest BCUT2D eigenvalue weighted by Gasteiger charge is -2.23. The molecular formula is C12H15BF2O2. The largest absolute Gasteiger partial charge is 0.438 e. The van der Waals surface area contributed by atoms with Crippen molar-refractivity contribution in [3.8, 4) is 0 Å². The van der Waals surface area contributed by atoms with Crippen molar-refractivity contribution < 1.29 is 18.1 Å². The van der Waals surface area contributed by atoms with Crippen molar-refractivity contribution in [3.63, 3.8) is 0 Å². The Morgan fingerprint density at radius 3 is 2.35 bits per heavy atom. The van der Waals surface area contributed by atoms with Crippen LogP contribution in [0.1, 0.15) is 30.4 Å². The zero-order valence-electron chi connectivity index (χ0n) is 9.84. The van der Waals surface area contributed by atoms with E-state index in [-0.39, 0.29) is 19.2 Å². The summed E-state index contributed by atoms with van der Waals surface area (Å²) in [6, 6.07) is 2.83. The van der Waals surface area contributed by atoms with Gasteiger partial charge < -0.3 is 9.31 Å². The van der Waals surface area contributed by atoms with Crippen molar-refractivity contribution in [1.29, 1.82) is 0 Å². The number of aryl methyl sites for hydroxylation is 1. The first kappa shape index (κ1) is 12.5. The Kier molecular flexibility index (Phi) is 4.13. The molecule has 0 bridgehead atoms. The van der Waals surface area contributed by atoms with Crippen LogP contribution in [0.5, 0.6) is 0 Å². The minimum absolute atomic E-state index is 0.0875. The minimum atomic E-state index is -0.493. The van der Waals surface area contributed by atoms with E-state index < -0.39 is 11.6 Å². The molecule has 1 aromatic rings. The average Bonchev–Trinajstić information content (AvgIpc) is 2.30. The molecule has 5 heteroatoms. The molecule has 1 aliphatic rings. The Labute approximate surface area is 100 Å². The van der Waals surface area contributed by atoms with Gasteiger partial charge in [-0.25, -0.2) is 8.78 Å². The van der Waals surface area contributed by atoms with E-state index >= 15 is 0 Å². The second-order valence-electron chi connectivity index (χ2n) is 4.28. The highest BCUT2D eigenvalue weighted by atomic mass is 19.1. The van der Waals surface area contributed by atoms with Crippen LogP contribution in [0.3, 0.4) is 0 Å². The fraction of sp³-hybridized carbons (Fsp3) is 0.500. The van der Waals surface area contributed by atoms with Gasteiger partial charge in [-0.2, -0.15) is 0 Å². The third-order valence-corrected chi connectivity index (χ3v) is 2.89. The van der Waals surface area contributed by atoms with Crippen LogP contribution in [0.2, 0.25) is 0 Å². The van der Waals surface area contributed by atoms with Gasteiger partial charge in [-0.15, -0.1) is 0 Å². The molecule has 0 spiro atoms. The number of hydrogen-bond donors (Lipinski definition) is 0. The third-order valence-electron chi connectivity index (χ3n) is 2.89. The Morgan fingerprint density at radius 1 is 1.24 bits per heavy atom. The Hall–Kier alpha value is -0.935. The van der Waals surface area contributed by atoms with E-state index in [1.54, 1.807) is 0 Å². The quantitative estimate of drug-likeness (QED) is 0.755. The third kappa shape index (κ3) is 2.84. The molecule has 0 atom stereocenters. The smallest absolute Gasteiger partial charge is 0.413 e. The van der Waals surface area contributed by atoms with E-state index in [4.69, 9.17) is 9.31 Å². The summed E-state index contributed by atoms with van der Waals surface area (Å²) < 4.78 is 37.9. The first-order valence-electron chi connectivity index (χ1n) is 5.85. The normalized spacial score (nSPS) is 16.9. The van der Waals surface area contributed by atoms with Crippen LogP contribution in [0.4, 0.5) is 8.78 Å². The highest BCUT2D eigenvalue weighted by molar-refractivity contribution is 6.18. The monoisotopic (exact) mass is 240 g/mol. The highest BCUT2D eigenvalue weighted by Crippen LogP contribution is 2.26. The predicted molar refractivity (Wildman–Crippen MR) is 62.1 cm³/mol. The van der Waals surface area contributed by atoms with Crippen molar-refractivity contribution in [2.24, 2.45) is 0 Å². The first-order valence-corrected chi connectivity index (χ1v) is 5.85. The molecule has 92 valence electrons. The maximum Gasteiger partial charge on any atom is 0.438 e. The summed E-state index contributed by atoms with van der Waals surface area (Å²) in [5, 5.41) is 0. The van der Waals surface area contributed by atoms with Gasteiger partial charge in [-0.1, -0.05) is 13.3 Å². The maximum atomic E-state index is 13.9. The predicted octanol–water partition coefficient (Wildman–Crippen LogP) is 2.31. The zero-order valence-corrected chi connectivity index (χ0v) is 9.84. The van der Waals surface area contributed by atoms with E-state index in [2.05, 4.69) is 0 Å². The second kappa shape index (κ2) is 5.60. The number of hydrogen-bond acceptors (Lipinski definition) is 2. The molecule has 0 aromatic heterocycles. The van der Waals surface area contributed by atoms with Crippen molar-refractivity contribution in [1.82, 2.24) is 0 Å². The number of halogens is 2. The lowest BCUT2D eigenvalue weighted by Crippen LogP contribution is -2.26. The summed E-state index contributed by atoms with van der Waals surface area (Å²) in [6.07, 6.45) is 1.56. The molecule has 0 unspecified atom stereocenters. The SMILES string of the molecule is CCCc1cc(F)c(C2COBOC2)c(F)c1. The zero-order chi connectivity index (χ0) is 12.3. The summed E-state index contributed by atoms with van der Waals surface area (Å²) in [4.78, 5) is 0. The fourth-order valence-corrected chi connectivity index (χ4v) is 2.11. The Balaban J connectivity index is 2.27. The molecule has 2 nitrogen and oxygen atoms in total. The van der Waals surface area contributed by atoms with E-state index in [1.807, 2.05) is 6.92 Å². The van der Waals surface area contributed by atoms with Crippen LogP contribution in [-0.2, 0) is 15.7 Å². The molecule has 0 radical (unpaired) electrons. The number of rotatable bonds is 3. The van der Waals surface area contributed by atoms with E-state index in [1.165, 1.54) is 12.1 Å². The second-order valence-corrected chi connectivity index (χ2v) is 4.28. The van der Waals surface area contributed by atoms with Crippen LogP contribution < -0.4 is 0 Å². The average molecular weight is 240 g/mol. The molecule has 0 aliphatic carbocycles.